The summed E-state index contributed by atoms with van der Waals surface area (Å²) in [5.41, 5.74) is 9.17. The lowest BCUT2D eigenvalue weighted by Gasteiger charge is -2.06. The van der Waals surface area contributed by atoms with E-state index < -0.39 is 0 Å². The first-order valence-electron chi connectivity index (χ1n) is 6.44. The Labute approximate surface area is 118 Å². The molecule has 2 aromatic rings. The van der Waals surface area contributed by atoms with Gasteiger partial charge in [0.25, 0.3) is 5.91 Å². The Morgan fingerprint density at radius 1 is 1.05 bits per heavy atom. The SMILES string of the molecule is COCCNC(=O)c1ccc(-c2ccc(N)cc2)cc1. The summed E-state index contributed by atoms with van der Waals surface area (Å²) in [6, 6.07) is 15.1. The lowest BCUT2D eigenvalue weighted by Crippen LogP contribution is -2.26. The average Bonchev–Trinajstić information content (AvgIpc) is 2.48. The van der Waals surface area contributed by atoms with E-state index in [1.807, 2.05) is 48.5 Å². The molecule has 4 nitrogen and oxygen atoms in total. The Balaban J connectivity index is 2.06. The van der Waals surface area contributed by atoms with Gasteiger partial charge in [-0.2, -0.15) is 0 Å². The van der Waals surface area contributed by atoms with Crippen molar-refractivity contribution in [3.05, 3.63) is 54.1 Å². The van der Waals surface area contributed by atoms with E-state index in [2.05, 4.69) is 5.32 Å². The minimum absolute atomic E-state index is 0.0918. The van der Waals surface area contributed by atoms with Crippen molar-refractivity contribution in [2.24, 2.45) is 0 Å². The predicted molar refractivity (Wildman–Crippen MR) is 80.5 cm³/mol. The van der Waals surface area contributed by atoms with E-state index in [-0.39, 0.29) is 5.91 Å². The van der Waals surface area contributed by atoms with Crippen LogP contribution in [0.15, 0.2) is 48.5 Å². The summed E-state index contributed by atoms with van der Waals surface area (Å²) in [4.78, 5) is 11.8. The number of anilines is 1. The van der Waals surface area contributed by atoms with E-state index in [1.165, 1.54) is 0 Å². The summed E-state index contributed by atoms with van der Waals surface area (Å²) in [5, 5.41) is 2.79. The normalized spacial score (nSPS) is 10.2. The zero-order valence-corrected chi connectivity index (χ0v) is 11.4. The van der Waals surface area contributed by atoms with Crippen LogP contribution in [-0.4, -0.2) is 26.2 Å². The monoisotopic (exact) mass is 270 g/mol. The third-order valence-electron chi connectivity index (χ3n) is 2.98. The lowest BCUT2D eigenvalue weighted by atomic mass is 10.0. The number of nitrogens with two attached hydrogens (primary N) is 1. The van der Waals surface area contributed by atoms with Crippen LogP contribution in [-0.2, 0) is 4.74 Å². The zero-order chi connectivity index (χ0) is 14.4. The fourth-order valence-electron chi connectivity index (χ4n) is 1.86. The van der Waals surface area contributed by atoms with E-state index in [0.29, 0.717) is 18.7 Å². The number of carbonyl (C=O) groups excluding carboxylic acids is 1. The van der Waals surface area contributed by atoms with Crippen LogP contribution in [0.5, 0.6) is 0 Å². The molecule has 0 aromatic heterocycles. The van der Waals surface area contributed by atoms with Crippen LogP contribution in [0.25, 0.3) is 11.1 Å². The predicted octanol–water partition coefficient (Wildman–Crippen LogP) is 2.31. The maximum atomic E-state index is 11.8. The number of carbonyl (C=O) groups is 1. The Kier molecular flexibility index (Phi) is 4.74. The van der Waals surface area contributed by atoms with Crippen LogP contribution in [0.3, 0.4) is 0 Å². The van der Waals surface area contributed by atoms with E-state index in [1.54, 1.807) is 7.11 Å². The number of benzene rings is 2. The topological polar surface area (TPSA) is 64.3 Å². The second kappa shape index (κ2) is 6.73. The van der Waals surface area contributed by atoms with Gasteiger partial charge in [0.2, 0.25) is 0 Å². The largest absolute Gasteiger partial charge is 0.399 e. The number of methoxy groups -OCH3 is 1. The molecule has 1 amide bonds. The molecular weight excluding hydrogens is 252 g/mol. The number of rotatable bonds is 5. The van der Waals surface area contributed by atoms with Gasteiger partial charge in [0, 0.05) is 24.9 Å². The van der Waals surface area contributed by atoms with E-state index >= 15 is 0 Å². The van der Waals surface area contributed by atoms with Crippen molar-refractivity contribution >= 4 is 11.6 Å². The third kappa shape index (κ3) is 3.59. The molecule has 4 heteroatoms. The maximum Gasteiger partial charge on any atom is 0.251 e. The van der Waals surface area contributed by atoms with Gasteiger partial charge in [-0.05, 0) is 35.4 Å². The number of amides is 1. The average molecular weight is 270 g/mol. The van der Waals surface area contributed by atoms with E-state index in [9.17, 15) is 4.79 Å². The molecule has 0 saturated carbocycles. The molecule has 0 aliphatic rings. The smallest absolute Gasteiger partial charge is 0.251 e. The summed E-state index contributed by atoms with van der Waals surface area (Å²) in [5.74, 6) is -0.0918. The van der Waals surface area contributed by atoms with Gasteiger partial charge in [-0.3, -0.25) is 4.79 Å². The highest BCUT2D eigenvalue weighted by molar-refractivity contribution is 5.94. The van der Waals surface area contributed by atoms with Gasteiger partial charge in [-0.1, -0.05) is 24.3 Å². The Morgan fingerprint density at radius 2 is 1.60 bits per heavy atom. The summed E-state index contributed by atoms with van der Waals surface area (Å²) >= 11 is 0. The van der Waals surface area contributed by atoms with Crippen LogP contribution in [0.1, 0.15) is 10.4 Å². The van der Waals surface area contributed by atoms with Crippen LogP contribution < -0.4 is 11.1 Å². The van der Waals surface area contributed by atoms with Gasteiger partial charge in [-0.15, -0.1) is 0 Å². The molecule has 2 rings (SSSR count). The molecule has 0 atom stereocenters. The molecule has 0 bridgehead atoms. The van der Waals surface area contributed by atoms with Crippen LogP contribution in [0.2, 0.25) is 0 Å². The van der Waals surface area contributed by atoms with Gasteiger partial charge in [-0.25, -0.2) is 0 Å². The first-order chi connectivity index (χ1) is 9.70. The van der Waals surface area contributed by atoms with Crippen molar-refractivity contribution in [2.75, 3.05) is 26.0 Å². The number of nitrogens with one attached hydrogen (secondary N) is 1. The Hall–Kier alpha value is -2.33. The van der Waals surface area contributed by atoms with Crippen molar-refractivity contribution in [1.82, 2.24) is 5.32 Å². The summed E-state index contributed by atoms with van der Waals surface area (Å²) < 4.78 is 4.89. The van der Waals surface area contributed by atoms with Crippen molar-refractivity contribution in [3.63, 3.8) is 0 Å². The summed E-state index contributed by atoms with van der Waals surface area (Å²) in [6.07, 6.45) is 0. The molecule has 0 spiro atoms. The second-order valence-electron chi connectivity index (χ2n) is 4.45. The highest BCUT2D eigenvalue weighted by Crippen LogP contribution is 2.20. The summed E-state index contributed by atoms with van der Waals surface area (Å²) in [6.45, 7) is 1.02. The molecule has 0 saturated heterocycles. The lowest BCUT2D eigenvalue weighted by molar-refractivity contribution is 0.0937. The van der Waals surface area contributed by atoms with Gasteiger partial charge in [0.05, 0.1) is 6.61 Å². The molecule has 0 fully saturated rings. The number of hydrogen-bond donors (Lipinski definition) is 2. The molecule has 104 valence electrons. The van der Waals surface area contributed by atoms with Crippen molar-refractivity contribution < 1.29 is 9.53 Å². The fraction of sp³-hybridized carbons (Fsp3) is 0.188. The molecule has 0 unspecified atom stereocenters. The second-order valence-corrected chi connectivity index (χ2v) is 4.45. The van der Waals surface area contributed by atoms with E-state index in [4.69, 9.17) is 10.5 Å². The van der Waals surface area contributed by atoms with Crippen LogP contribution in [0, 0.1) is 0 Å². The molecule has 20 heavy (non-hydrogen) atoms. The Bertz CT molecular complexity index is 562. The molecule has 3 N–H and O–H groups in total. The van der Waals surface area contributed by atoms with Crippen LogP contribution in [0.4, 0.5) is 5.69 Å². The van der Waals surface area contributed by atoms with Gasteiger partial charge >= 0.3 is 0 Å². The van der Waals surface area contributed by atoms with Crippen molar-refractivity contribution in [3.8, 4) is 11.1 Å². The van der Waals surface area contributed by atoms with Crippen LogP contribution >= 0.6 is 0 Å². The molecule has 0 aliphatic carbocycles. The van der Waals surface area contributed by atoms with Crippen molar-refractivity contribution in [2.45, 2.75) is 0 Å². The third-order valence-corrected chi connectivity index (χ3v) is 2.98. The highest BCUT2D eigenvalue weighted by atomic mass is 16.5. The Morgan fingerprint density at radius 3 is 2.15 bits per heavy atom. The maximum absolute atomic E-state index is 11.8. The molecule has 2 aromatic carbocycles. The molecule has 0 aliphatic heterocycles. The number of hydrogen-bond acceptors (Lipinski definition) is 3. The van der Waals surface area contributed by atoms with Gasteiger partial charge < -0.3 is 15.8 Å². The minimum atomic E-state index is -0.0918. The standard InChI is InChI=1S/C16H18N2O2/c1-20-11-10-18-16(19)14-4-2-12(3-5-14)13-6-8-15(17)9-7-13/h2-9H,10-11,17H2,1H3,(H,18,19). The summed E-state index contributed by atoms with van der Waals surface area (Å²) in [7, 11) is 1.60. The first kappa shape index (κ1) is 14.1. The molecule has 0 radical (unpaired) electrons. The highest BCUT2D eigenvalue weighted by Gasteiger charge is 2.05. The minimum Gasteiger partial charge on any atom is -0.399 e. The van der Waals surface area contributed by atoms with Crippen molar-refractivity contribution in [1.29, 1.82) is 0 Å². The quantitative estimate of drug-likeness (QED) is 0.647. The molecule has 0 heterocycles. The molecular formula is C16H18N2O2. The zero-order valence-electron chi connectivity index (χ0n) is 11.4. The number of ether oxygens (including phenoxy) is 1. The first-order valence-corrected chi connectivity index (χ1v) is 6.44. The number of nitrogen functional groups attached to an aromatic ring is 1. The fourth-order valence-corrected chi connectivity index (χ4v) is 1.86. The van der Waals surface area contributed by atoms with Gasteiger partial charge in [0.15, 0.2) is 0 Å². The van der Waals surface area contributed by atoms with Gasteiger partial charge in [0.1, 0.15) is 0 Å². The van der Waals surface area contributed by atoms with E-state index in [0.717, 1.165) is 16.8 Å².